The summed E-state index contributed by atoms with van der Waals surface area (Å²) in [5, 5.41) is 13.1. The fraction of sp³-hybridized carbons (Fsp3) is 0.130. The third-order valence-corrected chi connectivity index (χ3v) is 5.61. The van der Waals surface area contributed by atoms with Gasteiger partial charge < -0.3 is 14.7 Å². The lowest BCUT2D eigenvalue weighted by molar-refractivity contribution is 0.568. The van der Waals surface area contributed by atoms with Crippen molar-refractivity contribution in [3.8, 4) is 22.5 Å². The first-order valence-electron chi connectivity index (χ1n) is 9.76. The first-order valence-corrected chi connectivity index (χ1v) is 9.76. The van der Waals surface area contributed by atoms with Crippen LogP contribution in [-0.2, 0) is 0 Å². The zero-order valence-electron chi connectivity index (χ0n) is 15.7. The number of pyridine rings is 1. The van der Waals surface area contributed by atoms with Gasteiger partial charge in [0, 0.05) is 34.6 Å². The fourth-order valence-corrected chi connectivity index (χ4v) is 4.12. The molecule has 0 radical (unpaired) electrons. The van der Waals surface area contributed by atoms with Gasteiger partial charge in [0.25, 0.3) is 0 Å². The summed E-state index contributed by atoms with van der Waals surface area (Å²) in [6.07, 6.45) is 8.65. The molecule has 0 fully saturated rings. The Bertz CT molecular complexity index is 1360. The van der Waals surface area contributed by atoms with E-state index in [1.54, 1.807) is 12.5 Å². The molecule has 5 aromatic rings. The average Bonchev–Trinajstić information content (AvgIpc) is 3.52. The quantitative estimate of drug-likeness (QED) is 0.421. The molecule has 6 nitrogen and oxygen atoms in total. The van der Waals surface area contributed by atoms with Crippen LogP contribution in [0.5, 0.6) is 0 Å². The van der Waals surface area contributed by atoms with E-state index in [0.29, 0.717) is 0 Å². The first-order chi connectivity index (χ1) is 14.4. The molecule has 0 bridgehead atoms. The van der Waals surface area contributed by atoms with Crippen molar-refractivity contribution in [2.75, 3.05) is 13.1 Å². The Hall–Kier alpha value is -3.64. The largest absolute Gasteiger partial charge is 0.472 e. The van der Waals surface area contributed by atoms with E-state index in [0.717, 1.165) is 69.5 Å². The predicted octanol–water partition coefficient (Wildman–Crippen LogP) is 4.74. The SMILES string of the molecule is C1=C(c2cnc3n[nH]c(-c4cc5c(-c6ccoc6)cccc5[nH]4)c3c2)CCNC1. The number of nitrogens with zero attached hydrogens (tertiary/aromatic N) is 2. The molecule has 0 saturated carbocycles. The predicted molar refractivity (Wildman–Crippen MR) is 114 cm³/mol. The summed E-state index contributed by atoms with van der Waals surface area (Å²) in [5.41, 5.74) is 8.47. The molecule has 29 heavy (non-hydrogen) atoms. The molecule has 6 heteroatoms. The minimum absolute atomic E-state index is 0.729. The molecule has 6 rings (SSSR count). The van der Waals surface area contributed by atoms with Gasteiger partial charge in [0.05, 0.1) is 23.9 Å². The first kappa shape index (κ1) is 16.3. The second kappa shape index (κ2) is 6.46. The molecule has 1 aliphatic rings. The summed E-state index contributed by atoms with van der Waals surface area (Å²) in [5.74, 6) is 0. The van der Waals surface area contributed by atoms with Gasteiger partial charge in [0.15, 0.2) is 5.65 Å². The van der Waals surface area contributed by atoms with Crippen molar-refractivity contribution in [3.05, 3.63) is 66.8 Å². The summed E-state index contributed by atoms with van der Waals surface area (Å²) in [7, 11) is 0. The fourth-order valence-electron chi connectivity index (χ4n) is 4.12. The van der Waals surface area contributed by atoms with Crippen LogP contribution in [0, 0.1) is 0 Å². The normalized spacial score (nSPS) is 14.6. The number of H-pyrrole nitrogens is 2. The number of furan rings is 1. The maximum absolute atomic E-state index is 5.28. The zero-order valence-corrected chi connectivity index (χ0v) is 15.7. The highest BCUT2D eigenvalue weighted by molar-refractivity contribution is 6.00. The van der Waals surface area contributed by atoms with Crippen LogP contribution in [0.1, 0.15) is 12.0 Å². The van der Waals surface area contributed by atoms with Crippen molar-refractivity contribution in [1.29, 1.82) is 0 Å². The van der Waals surface area contributed by atoms with Gasteiger partial charge in [-0.15, -0.1) is 0 Å². The van der Waals surface area contributed by atoms with Crippen LogP contribution in [0.25, 0.3) is 50.0 Å². The second-order valence-corrected chi connectivity index (χ2v) is 7.34. The van der Waals surface area contributed by atoms with Crippen LogP contribution in [-0.4, -0.2) is 33.3 Å². The van der Waals surface area contributed by atoms with Gasteiger partial charge in [-0.3, -0.25) is 5.10 Å². The Morgan fingerprint density at radius 3 is 2.90 bits per heavy atom. The van der Waals surface area contributed by atoms with E-state index < -0.39 is 0 Å². The lowest BCUT2D eigenvalue weighted by Gasteiger charge is -2.13. The third-order valence-electron chi connectivity index (χ3n) is 5.61. The lowest BCUT2D eigenvalue weighted by Crippen LogP contribution is -2.20. The number of fused-ring (bicyclic) bond motifs is 2. The number of hydrogen-bond donors (Lipinski definition) is 3. The van der Waals surface area contributed by atoms with E-state index >= 15 is 0 Å². The van der Waals surface area contributed by atoms with Crippen LogP contribution in [0.15, 0.2) is 65.6 Å². The van der Waals surface area contributed by atoms with Crippen LogP contribution < -0.4 is 5.32 Å². The highest BCUT2D eigenvalue weighted by Gasteiger charge is 2.15. The molecule has 5 heterocycles. The molecule has 0 atom stereocenters. The molecular formula is C23H19N5O. The van der Waals surface area contributed by atoms with Crippen molar-refractivity contribution < 1.29 is 4.42 Å². The molecule has 0 spiro atoms. The van der Waals surface area contributed by atoms with Gasteiger partial charge in [0.1, 0.15) is 0 Å². The molecular weight excluding hydrogens is 362 g/mol. The molecule has 1 aliphatic heterocycles. The smallest absolute Gasteiger partial charge is 0.181 e. The van der Waals surface area contributed by atoms with Gasteiger partial charge in [0.2, 0.25) is 0 Å². The second-order valence-electron chi connectivity index (χ2n) is 7.34. The Morgan fingerprint density at radius 1 is 1.03 bits per heavy atom. The Balaban J connectivity index is 1.50. The summed E-state index contributed by atoms with van der Waals surface area (Å²) >= 11 is 0. The summed E-state index contributed by atoms with van der Waals surface area (Å²) < 4.78 is 5.28. The van der Waals surface area contributed by atoms with Crippen molar-refractivity contribution in [2.45, 2.75) is 6.42 Å². The molecule has 1 aromatic carbocycles. The van der Waals surface area contributed by atoms with Gasteiger partial charge in [-0.2, -0.15) is 5.10 Å². The zero-order chi connectivity index (χ0) is 19.2. The van der Waals surface area contributed by atoms with Gasteiger partial charge in [-0.05, 0) is 53.9 Å². The van der Waals surface area contributed by atoms with Crippen molar-refractivity contribution in [1.82, 2.24) is 25.5 Å². The van der Waals surface area contributed by atoms with Crippen LogP contribution >= 0.6 is 0 Å². The summed E-state index contributed by atoms with van der Waals surface area (Å²) in [6.45, 7) is 1.91. The monoisotopic (exact) mass is 381 g/mol. The topological polar surface area (TPSA) is 82.5 Å². The van der Waals surface area contributed by atoms with Crippen LogP contribution in [0.4, 0.5) is 0 Å². The highest BCUT2D eigenvalue weighted by atomic mass is 16.3. The average molecular weight is 381 g/mol. The Morgan fingerprint density at radius 2 is 2.03 bits per heavy atom. The van der Waals surface area contributed by atoms with E-state index in [9.17, 15) is 0 Å². The molecule has 3 N–H and O–H groups in total. The number of aromatic amines is 2. The van der Waals surface area contributed by atoms with Gasteiger partial charge in [-0.1, -0.05) is 18.2 Å². The number of benzene rings is 1. The van der Waals surface area contributed by atoms with E-state index in [4.69, 9.17) is 4.42 Å². The molecule has 142 valence electrons. The standard InChI is InChI=1S/C23H19N5O/c1-2-17(15-6-9-29-13-15)18-11-21(26-20(18)3-1)22-19-10-16(12-25-23(19)28-27-22)14-4-7-24-8-5-14/h1-4,6,9-13,24,26H,5,7-8H2,(H,25,27,28). The molecule has 0 saturated heterocycles. The lowest BCUT2D eigenvalue weighted by atomic mass is 10.0. The minimum atomic E-state index is 0.729. The number of rotatable bonds is 3. The molecule has 0 aliphatic carbocycles. The molecule has 4 aromatic heterocycles. The molecule has 0 amide bonds. The Labute approximate surface area is 166 Å². The number of hydrogen-bond acceptors (Lipinski definition) is 4. The van der Waals surface area contributed by atoms with Gasteiger partial charge in [-0.25, -0.2) is 4.98 Å². The van der Waals surface area contributed by atoms with Crippen LogP contribution in [0.3, 0.4) is 0 Å². The summed E-state index contributed by atoms with van der Waals surface area (Å²) in [6, 6.07) is 12.6. The number of nitrogens with one attached hydrogen (secondary N) is 3. The van der Waals surface area contributed by atoms with E-state index in [1.165, 1.54) is 5.57 Å². The Kier molecular flexibility index (Phi) is 3.64. The van der Waals surface area contributed by atoms with Crippen molar-refractivity contribution in [3.63, 3.8) is 0 Å². The van der Waals surface area contributed by atoms with E-state index in [1.807, 2.05) is 12.3 Å². The summed E-state index contributed by atoms with van der Waals surface area (Å²) in [4.78, 5) is 8.12. The maximum atomic E-state index is 5.28. The number of aromatic nitrogens is 4. The van der Waals surface area contributed by atoms with E-state index in [-0.39, 0.29) is 0 Å². The molecule has 0 unspecified atom stereocenters. The van der Waals surface area contributed by atoms with Crippen LogP contribution in [0.2, 0.25) is 0 Å². The van der Waals surface area contributed by atoms with E-state index in [2.05, 4.69) is 61.9 Å². The highest BCUT2D eigenvalue weighted by Crippen LogP contribution is 2.34. The van der Waals surface area contributed by atoms with Crippen molar-refractivity contribution in [2.24, 2.45) is 0 Å². The third kappa shape index (κ3) is 2.68. The van der Waals surface area contributed by atoms with Crippen molar-refractivity contribution >= 4 is 27.5 Å². The maximum Gasteiger partial charge on any atom is 0.181 e. The minimum Gasteiger partial charge on any atom is -0.472 e. The van der Waals surface area contributed by atoms with Gasteiger partial charge >= 0.3 is 0 Å².